The highest BCUT2D eigenvalue weighted by Gasteiger charge is 2.25. The van der Waals surface area contributed by atoms with Crippen LogP contribution in [0.2, 0.25) is 0 Å². The van der Waals surface area contributed by atoms with Crippen molar-refractivity contribution in [3.63, 3.8) is 0 Å². The summed E-state index contributed by atoms with van der Waals surface area (Å²) in [6.45, 7) is 7.59. The Morgan fingerprint density at radius 2 is 2.07 bits per heavy atom. The van der Waals surface area contributed by atoms with Crippen LogP contribution >= 0.6 is 0 Å². The number of fused-ring (bicyclic) bond motifs is 1. The van der Waals surface area contributed by atoms with Gasteiger partial charge in [-0.15, -0.1) is 0 Å². The van der Waals surface area contributed by atoms with E-state index in [0.29, 0.717) is 24.4 Å². The molecule has 2 heterocycles. The highest BCUT2D eigenvalue weighted by molar-refractivity contribution is 5.81. The minimum absolute atomic E-state index is 0.191. The molecule has 1 unspecified atom stereocenters. The van der Waals surface area contributed by atoms with Crippen LogP contribution in [0.4, 0.5) is 4.79 Å². The topological polar surface area (TPSA) is 81.0 Å². The first-order chi connectivity index (χ1) is 13.7. The maximum Gasteiger partial charge on any atom is 0.407 e. The van der Waals surface area contributed by atoms with Gasteiger partial charge in [0.2, 0.25) is 0 Å². The summed E-state index contributed by atoms with van der Waals surface area (Å²) in [6.07, 6.45) is 2.80. The van der Waals surface area contributed by atoms with E-state index in [1.807, 2.05) is 32.9 Å². The number of ether oxygens (including phenoxy) is 2. The molecule has 1 atom stereocenters. The lowest BCUT2D eigenvalue weighted by molar-refractivity contribution is 0.0492. The van der Waals surface area contributed by atoms with Crippen LogP contribution in [-0.4, -0.2) is 42.8 Å². The zero-order chi connectivity index (χ0) is 21.0. The molecule has 0 radical (unpaired) electrons. The number of hydrogen-bond acceptors (Lipinski definition) is 6. The van der Waals surface area contributed by atoms with Gasteiger partial charge in [0.05, 0.1) is 7.11 Å². The Hall–Kier alpha value is -2.54. The molecular formula is C22H30N2O5. The fourth-order valence-electron chi connectivity index (χ4n) is 3.70. The lowest BCUT2D eigenvalue weighted by atomic mass is 10.0. The predicted octanol–water partition coefficient (Wildman–Crippen LogP) is 3.68. The first kappa shape index (κ1) is 21.2. The Morgan fingerprint density at radius 3 is 2.79 bits per heavy atom. The van der Waals surface area contributed by atoms with E-state index in [1.54, 1.807) is 19.2 Å². The molecule has 0 aliphatic carbocycles. The third-order valence-electron chi connectivity index (χ3n) is 5.04. The highest BCUT2D eigenvalue weighted by atomic mass is 16.6. The molecule has 1 aliphatic rings. The van der Waals surface area contributed by atoms with Gasteiger partial charge in [0.15, 0.2) is 0 Å². The predicted molar refractivity (Wildman–Crippen MR) is 111 cm³/mol. The van der Waals surface area contributed by atoms with Gasteiger partial charge in [-0.3, -0.25) is 4.90 Å². The van der Waals surface area contributed by atoms with Gasteiger partial charge in [0.1, 0.15) is 16.9 Å². The Labute approximate surface area is 171 Å². The molecule has 0 spiro atoms. The fourth-order valence-corrected chi connectivity index (χ4v) is 3.70. The van der Waals surface area contributed by atoms with Crippen LogP contribution in [0, 0.1) is 0 Å². The third kappa shape index (κ3) is 5.73. The van der Waals surface area contributed by atoms with Gasteiger partial charge >= 0.3 is 11.7 Å². The molecule has 0 saturated carbocycles. The monoisotopic (exact) mass is 402 g/mol. The highest BCUT2D eigenvalue weighted by Crippen LogP contribution is 2.26. The van der Waals surface area contributed by atoms with Crippen molar-refractivity contribution in [2.75, 3.05) is 20.2 Å². The van der Waals surface area contributed by atoms with E-state index in [4.69, 9.17) is 13.9 Å². The Bertz CT molecular complexity index is 916. The van der Waals surface area contributed by atoms with Crippen LogP contribution in [0.5, 0.6) is 5.75 Å². The molecule has 1 N–H and O–H groups in total. The van der Waals surface area contributed by atoms with Crippen LogP contribution in [0.25, 0.3) is 11.0 Å². The number of hydrogen-bond donors (Lipinski definition) is 1. The summed E-state index contributed by atoms with van der Waals surface area (Å²) in [6, 6.07) is 7.27. The SMILES string of the molecule is COc1ccc2c(CN3CCCCC3CNC(=O)OC(C)(C)C)cc(=O)oc2c1. The first-order valence-corrected chi connectivity index (χ1v) is 10.1. The Morgan fingerprint density at radius 1 is 1.28 bits per heavy atom. The van der Waals surface area contributed by atoms with Crippen molar-refractivity contribution in [1.82, 2.24) is 10.2 Å². The van der Waals surface area contributed by atoms with Gasteiger partial charge in [-0.2, -0.15) is 0 Å². The van der Waals surface area contributed by atoms with Crippen LogP contribution in [0.15, 0.2) is 33.5 Å². The lowest BCUT2D eigenvalue weighted by Gasteiger charge is -2.36. The minimum Gasteiger partial charge on any atom is -0.497 e. The maximum atomic E-state index is 12.1. The zero-order valence-corrected chi connectivity index (χ0v) is 17.6. The number of likely N-dealkylation sites (tertiary alicyclic amines) is 1. The average Bonchev–Trinajstić information content (AvgIpc) is 2.65. The quantitative estimate of drug-likeness (QED) is 0.769. The van der Waals surface area contributed by atoms with Crippen LogP contribution in [0.3, 0.4) is 0 Å². The van der Waals surface area contributed by atoms with Crippen molar-refractivity contribution in [1.29, 1.82) is 0 Å². The molecule has 1 amide bonds. The number of amides is 1. The molecule has 1 fully saturated rings. The molecular weight excluding hydrogens is 372 g/mol. The molecule has 1 aromatic carbocycles. The van der Waals surface area contributed by atoms with E-state index in [2.05, 4.69) is 10.2 Å². The van der Waals surface area contributed by atoms with Gasteiger partial charge < -0.3 is 19.2 Å². The van der Waals surface area contributed by atoms with Crippen LogP contribution in [0.1, 0.15) is 45.6 Å². The summed E-state index contributed by atoms with van der Waals surface area (Å²) in [5.41, 5.74) is 0.547. The number of piperidine rings is 1. The second-order valence-electron chi connectivity index (χ2n) is 8.46. The van der Waals surface area contributed by atoms with Crippen molar-refractivity contribution >= 4 is 17.1 Å². The second-order valence-corrected chi connectivity index (χ2v) is 8.46. The summed E-state index contributed by atoms with van der Waals surface area (Å²) >= 11 is 0. The number of nitrogens with one attached hydrogen (secondary N) is 1. The number of nitrogens with zero attached hydrogens (tertiary/aromatic N) is 1. The molecule has 1 aromatic heterocycles. The largest absolute Gasteiger partial charge is 0.497 e. The first-order valence-electron chi connectivity index (χ1n) is 10.1. The molecule has 158 valence electrons. The minimum atomic E-state index is -0.519. The average molecular weight is 402 g/mol. The summed E-state index contributed by atoms with van der Waals surface area (Å²) in [7, 11) is 1.58. The normalized spacial score (nSPS) is 17.9. The number of carbonyl (C=O) groups is 1. The van der Waals surface area contributed by atoms with E-state index in [0.717, 1.165) is 36.8 Å². The number of alkyl carbamates (subject to hydrolysis) is 1. The zero-order valence-electron chi connectivity index (χ0n) is 17.6. The molecule has 7 nitrogen and oxygen atoms in total. The van der Waals surface area contributed by atoms with Crippen molar-refractivity contribution < 1.29 is 18.7 Å². The number of methoxy groups -OCH3 is 1. The number of benzene rings is 1. The van der Waals surface area contributed by atoms with E-state index in [1.165, 1.54) is 0 Å². The summed E-state index contributed by atoms with van der Waals surface area (Å²) in [4.78, 5) is 26.4. The fraction of sp³-hybridized carbons (Fsp3) is 0.545. The molecule has 1 aliphatic heterocycles. The number of carbonyl (C=O) groups excluding carboxylic acids is 1. The Balaban J connectivity index is 1.75. The summed E-state index contributed by atoms with van der Waals surface area (Å²) in [5, 5.41) is 3.79. The maximum absolute atomic E-state index is 12.1. The van der Waals surface area contributed by atoms with Crippen molar-refractivity contribution in [2.24, 2.45) is 0 Å². The van der Waals surface area contributed by atoms with Gasteiger partial charge in [0, 0.05) is 36.7 Å². The van der Waals surface area contributed by atoms with Crippen LogP contribution < -0.4 is 15.7 Å². The summed E-state index contributed by atoms with van der Waals surface area (Å²) < 4.78 is 15.9. The molecule has 2 aromatic rings. The number of rotatable bonds is 5. The third-order valence-corrected chi connectivity index (χ3v) is 5.04. The van der Waals surface area contributed by atoms with Crippen molar-refractivity contribution in [3.05, 3.63) is 40.2 Å². The van der Waals surface area contributed by atoms with Crippen molar-refractivity contribution in [3.8, 4) is 5.75 Å². The van der Waals surface area contributed by atoms with Gasteiger partial charge in [-0.05, 0) is 57.9 Å². The standard InChI is InChI=1S/C22H30N2O5/c1-22(2,3)29-21(26)23-13-16-7-5-6-10-24(16)14-15-11-20(25)28-19-12-17(27-4)8-9-18(15)19/h8-9,11-12,16H,5-7,10,13-14H2,1-4H3,(H,23,26). The summed E-state index contributed by atoms with van der Waals surface area (Å²) in [5.74, 6) is 0.648. The molecule has 1 saturated heterocycles. The van der Waals surface area contributed by atoms with E-state index in [-0.39, 0.29) is 11.7 Å². The van der Waals surface area contributed by atoms with Crippen molar-refractivity contribution in [2.45, 2.75) is 58.2 Å². The van der Waals surface area contributed by atoms with Gasteiger partial charge in [0.25, 0.3) is 0 Å². The van der Waals surface area contributed by atoms with Gasteiger partial charge in [-0.25, -0.2) is 9.59 Å². The Kier molecular flexibility index (Phi) is 6.47. The molecule has 29 heavy (non-hydrogen) atoms. The van der Waals surface area contributed by atoms with E-state index < -0.39 is 11.7 Å². The molecule has 7 heteroatoms. The van der Waals surface area contributed by atoms with E-state index >= 15 is 0 Å². The van der Waals surface area contributed by atoms with Crippen LogP contribution in [-0.2, 0) is 11.3 Å². The van der Waals surface area contributed by atoms with E-state index in [9.17, 15) is 9.59 Å². The van der Waals surface area contributed by atoms with Gasteiger partial charge in [-0.1, -0.05) is 6.42 Å². The second kappa shape index (κ2) is 8.86. The molecule has 0 bridgehead atoms. The lowest BCUT2D eigenvalue weighted by Crippen LogP contribution is -2.47. The smallest absolute Gasteiger partial charge is 0.407 e. The molecule has 3 rings (SSSR count).